The van der Waals surface area contributed by atoms with Crippen molar-refractivity contribution in [1.29, 1.82) is 0 Å². The zero-order valence-corrected chi connectivity index (χ0v) is 9.53. The number of oxime groups is 1. The Kier molecular flexibility index (Phi) is 4.41. The Morgan fingerprint density at radius 2 is 2.00 bits per heavy atom. The van der Waals surface area contributed by atoms with E-state index in [2.05, 4.69) is 27.9 Å². The zero-order chi connectivity index (χ0) is 12.0. The lowest BCUT2D eigenvalue weighted by Gasteiger charge is -2.05. The molecule has 4 N–H and O–H groups in total. The maximum absolute atomic E-state index is 8.75. The highest BCUT2D eigenvalue weighted by Gasteiger charge is 2.07. The fourth-order valence-corrected chi connectivity index (χ4v) is 1.15. The van der Waals surface area contributed by atoms with E-state index in [1.54, 1.807) is 6.92 Å². The van der Waals surface area contributed by atoms with Crippen molar-refractivity contribution >= 4 is 28.8 Å². The maximum Gasteiger partial charge on any atom is 0.184 e. The maximum atomic E-state index is 8.75. The minimum atomic E-state index is 0.0548. The molecule has 1 aromatic carbocycles. The summed E-state index contributed by atoms with van der Waals surface area (Å²) in [7, 11) is 0. The molecule has 0 saturated heterocycles. The first-order valence-electron chi connectivity index (χ1n) is 4.52. The molecule has 0 spiro atoms. The summed E-state index contributed by atoms with van der Waals surface area (Å²) in [5, 5.41) is 15.9. The van der Waals surface area contributed by atoms with Gasteiger partial charge < -0.3 is 10.9 Å². The number of thiocarbonyl (C=S) groups is 1. The molecule has 6 heteroatoms. The van der Waals surface area contributed by atoms with Gasteiger partial charge in [0.25, 0.3) is 0 Å². The molecule has 0 aliphatic carbocycles. The number of nitrogens with two attached hydrogens (primary N) is 1. The minimum Gasteiger partial charge on any atom is -0.411 e. The molecule has 16 heavy (non-hydrogen) atoms. The quantitative estimate of drug-likeness (QED) is 0.317. The van der Waals surface area contributed by atoms with Crippen LogP contribution in [0.1, 0.15) is 12.5 Å². The third-order valence-corrected chi connectivity index (χ3v) is 1.91. The van der Waals surface area contributed by atoms with Crippen molar-refractivity contribution < 1.29 is 5.21 Å². The van der Waals surface area contributed by atoms with Crippen molar-refractivity contribution in [1.82, 2.24) is 5.43 Å². The zero-order valence-electron chi connectivity index (χ0n) is 8.71. The molecule has 0 amide bonds. The van der Waals surface area contributed by atoms with Crippen LogP contribution >= 0.6 is 12.2 Å². The first-order valence-corrected chi connectivity index (χ1v) is 4.93. The molecule has 0 heterocycles. The molecule has 0 bridgehead atoms. The van der Waals surface area contributed by atoms with Gasteiger partial charge in [0, 0.05) is 5.56 Å². The second-order valence-corrected chi connectivity index (χ2v) is 3.43. The van der Waals surface area contributed by atoms with Gasteiger partial charge in [-0.25, -0.2) is 0 Å². The summed E-state index contributed by atoms with van der Waals surface area (Å²) in [6, 6.07) is 9.28. The third-order valence-electron chi connectivity index (χ3n) is 1.82. The average molecular weight is 236 g/mol. The third kappa shape index (κ3) is 3.32. The molecular formula is C10H12N4OS. The lowest BCUT2D eigenvalue weighted by molar-refractivity contribution is 0.320. The van der Waals surface area contributed by atoms with Crippen LogP contribution in [0.3, 0.4) is 0 Å². The van der Waals surface area contributed by atoms with Crippen LogP contribution in [0.4, 0.5) is 0 Å². The number of rotatable bonds is 3. The summed E-state index contributed by atoms with van der Waals surface area (Å²) >= 11 is 4.64. The first kappa shape index (κ1) is 12.1. The van der Waals surface area contributed by atoms with Gasteiger partial charge in [-0.15, -0.1) is 0 Å². The van der Waals surface area contributed by atoms with Gasteiger partial charge in [0.05, 0.1) is 0 Å². The van der Waals surface area contributed by atoms with Crippen LogP contribution in [0.25, 0.3) is 0 Å². The molecular weight excluding hydrogens is 224 g/mol. The summed E-state index contributed by atoms with van der Waals surface area (Å²) in [6.07, 6.45) is 0. The standard InChI is InChI=1S/C10H12N4OS/c1-7(14-15)9(12-13-10(11)16)8-5-3-2-4-6-8/h2-6,15H,1H3,(H3,11,13,16). The van der Waals surface area contributed by atoms with E-state index >= 15 is 0 Å². The van der Waals surface area contributed by atoms with Crippen LogP contribution in [-0.4, -0.2) is 21.7 Å². The van der Waals surface area contributed by atoms with E-state index < -0.39 is 0 Å². The van der Waals surface area contributed by atoms with E-state index in [9.17, 15) is 0 Å². The minimum absolute atomic E-state index is 0.0548. The molecule has 0 aromatic heterocycles. The van der Waals surface area contributed by atoms with E-state index in [4.69, 9.17) is 10.9 Å². The summed E-state index contributed by atoms with van der Waals surface area (Å²) < 4.78 is 0. The van der Waals surface area contributed by atoms with E-state index in [0.29, 0.717) is 11.4 Å². The van der Waals surface area contributed by atoms with Gasteiger partial charge in [-0.3, -0.25) is 5.43 Å². The van der Waals surface area contributed by atoms with Crippen molar-refractivity contribution in [2.75, 3.05) is 0 Å². The monoisotopic (exact) mass is 236 g/mol. The van der Waals surface area contributed by atoms with Crippen LogP contribution in [0.15, 0.2) is 40.6 Å². The Labute approximate surface area is 98.6 Å². The average Bonchev–Trinajstić information content (AvgIpc) is 2.30. The van der Waals surface area contributed by atoms with Gasteiger partial charge in [-0.05, 0) is 19.1 Å². The molecule has 0 atom stereocenters. The second kappa shape index (κ2) is 5.82. The highest BCUT2D eigenvalue weighted by atomic mass is 32.1. The van der Waals surface area contributed by atoms with Gasteiger partial charge in [-0.2, -0.15) is 5.10 Å². The SMILES string of the molecule is CC(=NO)C(=NNC(N)=S)c1ccccc1. The first-order chi connectivity index (χ1) is 7.65. The largest absolute Gasteiger partial charge is 0.411 e. The molecule has 84 valence electrons. The Bertz CT molecular complexity index is 428. The van der Waals surface area contributed by atoms with Gasteiger partial charge in [0.1, 0.15) is 11.4 Å². The van der Waals surface area contributed by atoms with Crippen molar-refractivity contribution in [2.45, 2.75) is 6.92 Å². The molecule has 1 rings (SSSR count). The predicted molar refractivity (Wildman–Crippen MR) is 67.8 cm³/mol. The number of hydrogen-bond donors (Lipinski definition) is 3. The van der Waals surface area contributed by atoms with Gasteiger partial charge in [-0.1, -0.05) is 35.5 Å². The fourth-order valence-electron chi connectivity index (χ4n) is 1.11. The van der Waals surface area contributed by atoms with Crippen LogP contribution in [0.2, 0.25) is 0 Å². The summed E-state index contributed by atoms with van der Waals surface area (Å²) in [5.41, 5.74) is 9.40. The summed E-state index contributed by atoms with van der Waals surface area (Å²) in [6.45, 7) is 1.63. The number of nitrogens with zero attached hydrogens (tertiary/aromatic N) is 2. The molecule has 0 aliphatic heterocycles. The highest BCUT2D eigenvalue weighted by Crippen LogP contribution is 2.02. The van der Waals surface area contributed by atoms with Crippen LogP contribution in [-0.2, 0) is 0 Å². The smallest absolute Gasteiger partial charge is 0.184 e. The highest BCUT2D eigenvalue weighted by molar-refractivity contribution is 7.80. The molecule has 0 radical (unpaired) electrons. The number of hydrazone groups is 1. The van der Waals surface area contributed by atoms with E-state index in [0.717, 1.165) is 5.56 Å². The van der Waals surface area contributed by atoms with Gasteiger partial charge in [0.15, 0.2) is 5.11 Å². The number of hydrogen-bond acceptors (Lipinski definition) is 4. The molecule has 5 nitrogen and oxygen atoms in total. The van der Waals surface area contributed by atoms with Gasteiger partial charge in [0.2, 0.25) is 0 Å². The Balaban J connectivity index is 3.07. The van der Waals surface area contributed by atoms with Crippen molar-refractivity contribution in [3.05, 3.63) is 35.9 Å². The number of nitrogens with one attached hydrogen (secondary N) is 1. The summed E-state index contributed by atoms with van der Waals surface area (Å²) in [4.78, 5) is 0. The van der Waals surface area contributed by atoms with E-state index in [1.165, 1.54) is 0 Å². The summed E-state index contributed by atoms with van der Waals surface area (Å²) in [5.74, 6) is 0. The van der Waals surface area contributed by atoms with Gasteiger partial charge >= 0.3 is 0 Å². The Morgan fingerprint density at radius 1 is 1.38 bits per heavy atom. The Morgan fingerprint density at radius 3 is 2.50 bits per heavy atom. The lowest BCUT2D eigenvalue weighted by atomic mass is 10.1. The van der Waals surface area contributed by atoms with Crippen LogP contribution in [0, 0.1) is 0 Å². The van der Waals surface area contributed by atoms with Crippen LogP contribution in [0.5, 0.6) is 0 Å². The molecule has 0 saturated carbocycles. The molecule has 1 aromatic rings. The molecule has 0 aliphatic rings. The topological polar surface area (TPSA) is 83.0 Å². The van der Waals surface area contributed by atoms with Crippen molar-refractivity contribution in [3.63, 3.8) is 0 Å². The van der Waals surface area contributed by atoms with Crippen molar-refractivity contribution in [2.24, 2.45) is 16.0 Å². The van der Waals surface area contributed by atoms with E-state index in [1.807, 2.05) is 30.3 Å². The normalized spacial score (nSPS) is 12.3. The number of benzene rings is 1. The molecule has 0 fully saturated rings. The molecule has 0 unspecified atom stereocenters. The lowest BCUT2D eigenvalue weighted by Crippen LogP contribution is -2.27. The second-order valence-electron chi connectivity index (χ2n) is 2.99. The van der Waals surface area contributed by atoms with E-state index in [-0.39, 0.29) is 5.11 Å². The fraction of sp³-hybridized carbons (Fsp3) is 0.100. The van der Waals surface area contributed by atoms with Crippen LogP contribution < -0.4 is 11.2 Å². The van der Waals surface area contributed by atoms with Crippen molar-refractivity contribution in [3.8, 4) is 0 Å². The predicted octanol–water partition coefficient (Wildman–Crippen LogP) is 1.07. The Hall–Kier alpha value is -1.95.